The van der Waals surface area contributed by atoms with E-state index in [4.69, 9.17) is 5.73 Å². The minimum Gasteiger partial charge on any atom is -0.329 e. The Balaban J connectivity index is 0.00000169. The molecule has 0 aromatic rings. The molecule has 2 N–H and O–H groups in total. The first-order valence-corrected chi connectivity index (χ1v) is 4.53. The SMILES string of the molecule is Cl.NCCN1CCC(C(F)(F)F)CC1. The summed E-state index contributed by atoms with van der Waals surface area (Å²) in [5.41, 5.74) is 5.32. The van der Waals surface area contributed by atoms with Crippen molar-refractivity contribution in [3.05, 3.63) is 0 Å². The summed E-state index contributed by atoms with van der Waals surface area (Å²) >= 11 is 0. The number of rotatable bonds is 2. The van der Waals surface area contributed by atoms with Crippen molar-refractivity contribution in [3.63, 3.8) is 0 Å². The van der Waals surface area contributed by atoms with E-state index in [1.807, 2.05) is 4.90 Å². The Morgan fingerprint density at radius 1 is 1.21 bits per heavy atom. The lowest BCUT2D eigenvalue weighted by molar-refractivity contribution is -0.184. The van der Waals surface area contributed by atoms with Crippen molar-refractivity contribution in [1.29, 1.82) is 0 Å². The first-order valence-electron chi connectivity index (χ1n) is 4.53. The predicted molar refractivity (Wildman–Crippen MR) is 51.5 cm³/mol. The first kappa shape index (κ1) is 14.0. The highest BCUT2D eigenvalue weighted by atomic mass is 35.5. The molecule has 2 nitrogen and oxygen atoms in total. The van der Waals surface area contributed by atoms with Crippen LogP contribution in [0.2, 0.25) is 0 Å². The molecule has 0 aromatic carbocycles. The third kappa shape index (κ3) is 4.02. The third-order valence-electron chi connectivity index (χ3n) is 2.50. The number of nitrogens with zero attached hydrogens (tertiary/aromatic N) is 1. The van der Waals surface area contributed by atoms with Gasteiger partial charge in [-0.15, -0.1) is 12.4 Å². The molecule has 0 amide bonds. The second kappa shape index (κ2) is 5.78. The van der Waals surface area contributed by atoms with Crippen molar-refractivity contribution >= 4 is 12.4 Å². The summed E-state index contributed by atoms with van der Waals surface area (Å²) < 4.78 is 36.6. The lowest BCUT2D eigenvalue weighted by Crippen LogP contribution is -2.40. The van der Waals surface area contributed by atoms with Crippen LogP contribution in [-0.4, -0.2) is 37.3 Å². The van der Waals surface area contributed by atoms with Crippen LogP contribution in [0.25, 0.3) is 0 Å². The molecular weight excluding hydrogens is 217 g/mol. The molecule has 14 heavy (non-hydrogen) atoms. The number of likely N-dealkylation sites (tertiary alicyclic amines) is 1. The molecule has 0 spiro atoms. The van der Waals surface area contributed by atoms with Crippen LogP contribution < -0.4 is 5.73 Å². The van der Waals surface area contributed by atoms with E-state index in [-0.39, 0.29) is 25.2 Å². The van der Waals surface area contributed by atoms with E-state index in [9.17, 15) is 13.2 Å². The van der Waals surface area contributed by atoms with E-state index in [2.05, 4.69) is 0 Å². The number of piperidine rings is 1. The van der Waals surface area contributed by atoms with Gasteiger partial charge in [-0.1, -0.05) is 0 Å². The summed E-state index contributed by atoms with van der Waals surface area (Å²) in [6, 6.07) is 0. The highest BCUT2D eigenvalue weighted by Gasteiger charge is 2.40. The maximum Gasteiger partial charge on any atom is 0.391 e. The summed E-state index contributed by atoms with van der Waals surface area (Å²) in [6.07, 6.45) is -3.55. The van der Waals surface area contributed by atoms with E-state index in [1.165, 1.54) is 0 Å². The van der Waals surface area contributed by atoms with Crippen molar-refractivity contribution in [2.24, 2.45) is 11.7 Å². The van der Waals surface area contributed by atoms with Gasteiger partial charge in [0.05, 0.1) is 5.92 Å². The Bertz CT molecular complexity index is 155. The van der Waals surface area contributed by atoms with Crippen LogP contribution in [0, 0.1) is 5.92 Å². The minimum atomic E-state index is -4.01. The molecular formula is C8H16ClF3N2. The van der Waals surface area contributed by atoms with Gasteiger partial charge in [-0.25, -0.2) is 0 Å². The number of hydrogen-bond donors (Lipinski definition) is 1. The van der Waals surface area contributed by atoms with Crippen LogP contribution >= 0.6 is 12.4 Å². The molecule has 0 radical (unpaired) electrons. The maximum absolute atomic E-state index is 12.2. The first-order chi connectivity index (χ1) is 6.04. The Morgan fingerprint density at radius 3 is 2.07 bits per heavy atom. The third-order valence-corrected chi connectivity index (χ3v) is 2.50. The van der Waals surface area contributed by atoms with Crippen molar-refractivity contribution in [3.8, 4) is 0 Å². The zero-order chi connectivity index (χ0) is 9.90. The zero-order valence-corrected chi connectivity index (χ0v) is 8.70. The Morgan fingerprint density at radius 2 is 1.71 bits per heavy atom. The summed E-state index contributed by atoms with van der Waals surface area (Å²) in [5, 5.41) is 0. The highest BCUT2D eigenvalue weighted by Crippen LogP contribution is 2.33. The molecule has 86 valence electrons. The number of alkyl halides is 3. The summed E-state index contributed by atoms with van der Waals surface area (Å²) in [7, 11) is 0. The molecule has 0 bridgehead atoms. The second-order valence-electron chi connectivity index (χ2n) is 3.45. The fourth-order valence-electron chi connectivity index (χ4n) is 1.67. The Labute approximate surface area is 88.0 Å². The van der Waals surface area contributed by atoms with Gasteiger partial charge in [0.15, 0.2) is 0 Å². The van der Waals surface area contributed by atoms with Gasteiger partial charge in [0.1, 0.15) is 0 Å². The molecule has 0 saturated carbocycles. The Kier molecular flexibility index (Phi) is 5.78. The van der Waals surface area contributed by atoms with Gasteiger partial charge in [-0.05, 0) is 25.9 Å². The molecule has 1 rings (SSSR count). The van der Waals surface area contributed by atoms with Crippen LogP contribution in [0.3, 0.4) is 0 Å². The molecule has 1 heterocycles. The zero-order valence-electron chi connectivity index (χ0n) is 7.89. The van der Waals surface area contributed by atoms with Crippen LogP contribution in [0.15, 0.2) is 0 Å². The molecule has 0 atom stereocenters. The van der Waals surface area contributed by atoms with E-state index >= 15 is 0 Å². The molecule has 1 fully saturated rings. The van der Waals surface area contributed by atoms with Crippen LogP contribution in [0.4, 0.5) is 13.2 Å². The summed E-state index contributed by atoms with van der Waals surface area (Å²) in [5.74, 6) is -1.10. The van der Waals surface area contributed by atoms with Crippen molar-refractivity contribution in [2.75, 3.05) is 26.2 Å². The average molecular weight is 233 g/mol. The van der Waals surface area contributed by atoms with E-state index in [0.29, 0.717) is 26.2 Å². The number of halogens is 4. The maximum atomic E-state index is 12.2. The fourth-order valence-corrected chi connectivity index (χ4v) is 1.67. The van der Waals surface area contributed by atoms with Crippen molar-refractivity contribution < 1.29 is 13.2 Å². The van der Waals surface area contributed by atoms with E-state index < -0.39 is 12.1 Å². The van der Waals surface area contributed by atoms with Gasteiger partial charge >= 0.3 is 6.18 Å². The fraction of sp³-hybridized carbons (Fsp3) is 1.00. The topological polar surface area (TPSA) is 29.3 Å². The minimum absolute atomic E-state index is 0. The predicted octanol–water partition coefficient (Wildman–Crippen LogP) is 1.64. The lowest BCUT2D eigenvalue weighted by Gasteiger charge is -2.32. The molecule has 1 aliphatic heterocycles. The molecule has 6 heteroatoms. The quantitative estimate of drug-likeness (QED) is 0.784. The molecule has 0 aromatic heterocycles. The van der Waals surface area contributed by atoms with Gasteiger partial charge in [0.25, 0.3) is 0 Å². The van der Waals surface area contributed by atoms with Gasteiger partial charge in [0.2, 0.25) is 0 Å². The van der Waals surface area contributed by atoms with Crippen LogP contribution in [0.1, 0.15) is 12.8 Å². The van der Waals surface area contributed by atoms with Gasteiger partial charge in [0, 0.05) is 13.1 Å². The summed E-state index contributed by atoms with van der Waals surface area (Å²) in [4.78, 5) is 1.99. The summed E-state index contributed by atoms with van der Waals surface area (Å²) in [6.45, 7) is 2.30. The Hall–Kier alpha value is -0.0000000000000000555. The standard InChI is InChI=1S/C8H15F3N2.ClH/c9-8(10,11)7-1-4-13(5-2-7)6-3-12;/h7H,1-6,12H2;1H. The smallest absolute Gasteiger partial charge is 0.329 e. The molecule has 0 aliphatic carbocycles. The van der Waals surface area contributed by atoms with Gasteiger partial charge in [-0.3, -0.25) is 0 Å². The largest absolute Gasteiger partial charge is 0.391 e. The lowest BCUT2D eigenvalue weighted by atomic mass is 9.96. The molecule has 1 saturated heterocycles. The normalized spacial score (nSPS) is 20.6. The average Bonchev–Trinajstić information content (AvgIpc) is 2.04. The van der Waals surface area contributed by atoms with Crippen molar-refractivity contribution in [2.45, 2.75) is 19.0 Å². The molecule has 1 aliphatic rings. The highest BCUT2D eigenvalue weighted by molar-refractivity contribution is 5.85. The monoisotopic (exact) mass is 232 g/mol. The van der Waals surface area contributed by atoms with Gasteiger partial charge in [-0.2, -0.15) is 13.2 Å². The van der Waals surface area contributed by atoms with E-state index in [1.54, 1.807) is 0 Å². The van der Waals surface area contributed by atoms with Crippen LogP contribution in [0.5, 0.6) is 0 Å². The van der Waals surface area contributed by atoms with Crippen molar-refractivity contribution in [1.82, 2.24) is 4.90 Å². The van der Waals surface area contributed by atoms with Gasteiger partial charge < -0.3 is 10.6 Å². The van der Waals surface area contributed by atoms with E-state index in [0.717, 1.165) is 0 Å². The second-order valence-corrected chi connectivity index (χ2v) is 3.45. The number of hydrogen-bond acceptors (Lipinski definition) is 2. The molecule has 0 unspecified atom stereocenters. The van der Waals surface area contributed by atoms with Crippen LogP contribution in [-0.2, 0) is 0 Å². The number of nitrogens with two attached hydrogens (primary N) is 1.